The first-order valence-corrected chi connectivity index (χ1v) is 13.4. The van der Waals surface area contributed by atoms with Gasteiger partial charge in [0.25, 0.3) is 0 Å². The van der Waals surface area contributed by atoms with Crippen molar-refractivity contribution in [3.63, 3.8) is 0 Å². The first-order chi connectivity index (χ1) is 17.3. The zero-order valence-electron chi connectivity index (χ0n) is 22.2. The largest absolute Gasteiger partial charge is 0.491 e. The molecule has 0 saturated heterocycles. The third-order valence-corrected chi connectivity index (χ3v) is 9.16. The first kappa shape index (κ1) is 23.3. The van der Waals surface area contributed by atoms with Crippen LogP contribution in [0.15, 0.2) is 84.5 Å². The molecule has 0 fully saturated rings. The molecular weight excluding hydrogens is 440 g/mol. The van der Waals surface area contributed by atoms with Crippen molar-refractivity contribution < 1.29 is 9.47 Å². The summed E-state index contributed by atoms with van der Waals surface area (Å²) in [5.41, 5.74) is 10.6. The fraction of sp³-hybridized carbons (Fsp3) is 0.353. The van der Waals surface area contributed by atoms with Crippen LogP contribution in [0.5, 0.6) is 5.75 Å². The summed E-state index contributed by atoms with van der Waals surface area (Å²) in [5, 5.41) is 0. The second kappa shape index (κ2) is 8.21. The SMILES string of the molecule is CCOCCOc1ccc(C23C4=CC(C)(C=C4)C(C)(C)c4ccc(c2c4)-c2ccc(CC)cc23)cc1. The molecule has 0 radical (unpaired) electrons. The smallest absolute Gasteiger partial charge is 0.119 e. The zero-order valence-corrected chi connectivity index (χ0v) is 22.2. The maximum atomic E-state index is 5.98. The van der Waals surface area contributed by atoms with E-state index < -0.39 is 0 Å². The van der Waals surface area contributed by atoms with E-state index in [-0.39, 0.29) is 16.2 Å². The number of rotatable bonds is 7. The molecule has 0 heterocycles. The number of aryl methyl sites for hydroxylation is 1. The van der Waals surface area contributed by atoms with Crippen molar-refractivity contribution in [2.45, 2.75) is 51.9 Å². The van der Waals surface area contributed by atoms with Crippen LogP contribution in [0.25, 0.3) is 11.1 Å². The molecule has 2 atom stereocenters. The summed E-state index contributed by atoms with van der Waals surface area (Å²) in [6.45, 7) is 13.3. The zero-order chi connectivity index (χ0) is 25.1. The van der Waals surface area contributed by atoms with Gasteiger partial charge < -0.3 is 9.47 Å². The van der Waals surface area contributed by atoms with Crippen molar-refractivity contribution in [2.24, 2.45) is 5.41 Å². The Hall–Kier alpha value is -3.10. The molecule has 2 nitrogen and oxygen atoms in total. The molecule has 6 rings (SSSR count). The van der Waals surface area contributed by atoms with Crippen molar-refractivity contribution in [1.29, 1.82) is 0 Å². The molecule has 36 heavy (non-hydrogen) atoms. The molecular formula is C34H36O2. The average molecular weight is 477 g/mol. The maximum Gasteiger partial charge on any atom is 0.119 e. The Balaban J connectivity index is 1.59. The minimum absolute atomic E-state index is 0.00590. The molecule has 0 N–H and O–H groups in total. The molecule has 2 unspecified atom stereocenters. The highest BCUT2D eigenvalue weighted by Crippen LogP contribution is 2.62. The van der Waals surface area contributed by atoms with Gasteiger partial charge in [0.2, 0.25) is 0 Å². The van der Waals surface area contributed by atoms with Gasteiger partial charge in [0.1, 0.15) is 12.4 Å². The van der Waals surface area contributed by atoms with Crippen LogP contribution in [0.3, 0.4) is 0 Å². The third kappa shape index (κ3) is 3.07. The van der Waals surface area contributed by atoms with Crippen LogP contribution in [-0.2, 0) is 22.0 Å². The van der Waals surface area contributed by atoms with E-state index in [2.05, 4.69) is 107 Å². The first-order valence-electron chi connectivity index (χ1n) is 13.4. The van der Waals surface area contributed by atoms with E-state index in [0.717, 1.165) is 12.2 Å². The lowest BCUT2D eigenvalue weighted by Gasteiger charge is -2.43. The molecule has 0 aromatic heterocycles. The number of hydrogen-bond donors (Lipinski definition) is 0. The van der Waals surface area contributed by atoms with Gasteiger partial charge in [0, 0.05) is 17.4 Å². The fourth-order valence-corrected chi connectivity index (χ4v) is 6.55. The Morgan fingerprint density at radius 3 is 2.17 bits per heavy atom. The van der Waals surface area contributed by atoms with Crippen LogP contribution in [0, 0.1) is 5.41 Å². The topological polar surface area (TPSA) is 18.5 Å². The Morgan fingerprint density at radius 2 is 1.44 bits per heavy atom. The minimum atomic E-state index is -0.333. The fourth-order valence-electron chi connectivity index (χ4n) is 6.55. The molecule has 3 aromatic rings. The summed E-state index contributed by atoms with van der Waals surface area (Å²) < 4.78 is 11.4. The highest BCUT2D eigenvalue weighted by molar-refractivity contribution is 5.88. The van der Waals surface area contributed by atoms with Gasteiger partial charge in [0.15, 0.2) is 0 Å². The summed E-state index contributed by atoms with van der Waals surface area (Å²) in [6.07, 6.45) is 8.42. The quantitative estimate of drug-likeness (QED) is 0.324. The number of benzene rings is 3. The van der Waals surface area contributed by atoms with E-state index in [1.54, 1.807) is 0 Å². The van der Waals surface area contributed by atoms with E-state index >= 15 is 0 Å². The number of ether oxygens (including phenoxy) is 2. The normalized spacial score (nSPS) is 24.2. The predicted molar refractivity (Wildman–Crippen MR) is 148 cm³/mol. The van der Waals surface area contributed by atoms with Gasteiger partial charge in [-0.15, -0.1) is 0 Å². The third-order valence-electron chi connectivity index (χ3n) is 9.16. The van der Waals surface area contributed by atoms with E-state index in [0.29, 0.717) is 19.8 Å². The lowest BCUT2D eigenvalue weighted by molar-refractivity contribution is 0.110. The highest BCUT2D eigenvalue weighted by Gasteiger charge is 2.53. The number of fused-ring (bicyclic) bond motifs is 6. The summed E-state index contributed by atoms with van der Waals surface area (Å²) in [5.74, 6) is 0.886. The van der Waals surface area contributed by atoms with Crippen molar-refractivity contribution >= 4 is 0 Å². The molecule has 0 saturated carbocycles. The van der Waals surface area contributed by atoms with Gasteiger partial charge in [-0.2, -0.15) is 0 Å². The van der Waals surface area contributed by atoms with Crippen LogP contribution in [-0.4, -0.2) is 19.8 Å². The van der Waals surface area contributed by atoms with Gasteiger partial charge in [-0.05, 0) is 70.0 Å². The van der Waals surface area contributed by atoms with Crippen LogP contribution in [0.2, 0.25) is 0 Å². The van der Waals surface area contributed by atoms with Crippen LogP contribution in [0.4, 0.5) is 0 Å². The van der Waals surface area contributed by atoms with E-state index in [1.165, 1.54) is 44.5 Å². The molecule has 0 amide bonds. The van der Waals surface area contributed by atoms with Crippen LogP contribution >= 0.6 is 0 Å². The van der Waals surface area contributed by atoms with Gasteiger partial charge in [-0.25, -0.2) is 0 Å². The summed E-state index contributed by atoms with van der Waals surface area (Å²) in [4.78, 5) is 0. The summed E-state index contributed by atoms with van der Waals surface area (Å²) in [7, 11) is 0. The Kier molecular flexibility index (Phi) is 5.32. The molecule has 3 aliphatic rings. The van der Waals surface area contributed by atoms with Gasteiger partial charge in [-0.3, -0.25) is 0 Å². The highest BCUT2D eigenvalue weighted by atomic mass is 16.5. The lowest BCUT2D eigenvalue weighted by Crippen LogP contribution is -2.38. The van der Waals surface area contributed by atoms with Gasteiger partial charge in [-0.1, -0.05) is 94.5 Å². The Morgan fingerprint density at radius 1 is 0.750 bits per heavy atom. The standard InChI is InChI=1S/C34H36O2/c1-6-23-8-14-28-29-15-11-25-21-31(29)34(30(28)20-23,26-16-17-33(5,22-26)32(25,3)4)24-9-12-27(13-10-24)36-19-18-35-7-2/h8-17,20-22H,6-7,18-19H2,1-5H3. The second-order valence-electron chi connectivity index (χ2n) is 11.2. The molecule has 0 aliphatic heterocycles. The number of allylic oxidation sites excluding steroid dienone is 4. The molecule has 0 spiro atoms. The van der Waals surface area contributed by atoms with Crippen molar-refractivity contribution in [2.75, 3.05) is 19.8 Å². The predicted octanol–water partition coefficient (Wildman–Crippen LogP) is 7.77. The molecule has 184 valence electrons. The van der Waals surface area contributed by atoms with E-state index in [4.69, 9.17) is 9.47 Å². The Bertz CT molecular complexity index is 1390. The van der Waals surface area contributed by atoms with E-state index in [9.17, 15) is 0 Å². The molecule has 3 aromatic carbocycles. The minimum Gasteiger partial charge on any atom is -0.491 e. The van der Waals surface area contributed by atoms with E-state index in [1.807, 2.05) is 6.92 Å². The van der Waals surface area contributed by atoms with Gasteiger partial charge in [0.05, 0.1) is 12.0 Å². The molecule has 3 aliphatic carbocycles. The molecule has 4 bridgehead atoms. The van der Waals surface area contributed by atoms with Crippen LogP contribution in [0.1, 0.15) is 62.4 Å². The monoisotopic (exact) mass is 476 g/mol. The van der Waals surface area contributed by atoms with Crippen molar-refractivity contribution in [3.8, 4) is 16.9 Å². The average Bonchev–Trinajstić information content (AvgIpc) is 3.43. The second-order valence-corrected chi connectivity index (χ2v) is 11.2. The van der Waals surface area contributed by atoms with Crippen molar-refractivity contribution in [3.05, 3.63) is 112 Å². The van der Waals surface area contributed by atoms with Crippen molar-refractivity contribution in [1.82, 2.24) is 0 Å². The Labute approximate surface area is 215 Å². The maximum absolute atomic E-state index is 5.98. The van der Waals surface area contributed by atoms with Crippen LogP contribution < -0.4 is 4.74 Å². The number of hydrogen-bond acceptors (Lipinski definition) is 2. The lowest BCUT2D eigenvalue weighted by atomic mass is 9.59. The van der Waals surface area contributed by atoms with Gasteiger partial charge >= 0.3 is 0 Å². The summed E-state index contributed by atoms with van der Waals surface area (Å²) in [6, 6.07) is 23.1. The summed E-state index contributed by atoms with van der Waals surface area (Å²) >= 11 is 0. The molecule has 2 heteroatoms.